The fraction of sp³-hybridized carbons (Fsp3) is 0.174. The number of carbonyl (C=O) groups is 1. The fourth-order valence-electron chi connectivity index (χ4n) is 3.32. The molecule has 2 aromatic carbocycles. The average Bonchev–Trinajstić information content (AvgIpc) is 2.99. The Morgan fingerprint density at radius 2 is 1.90 bits per heavy atom. The van der Waals surface area contributed by atoms with Crippen LogP contribution in [0.3, 0.4) is 0 Å². The van der Waals surface area contributed by atoms with Crippen LogP contribution in [-0.4, -0.2) is 15.7 Å². The molecule has 7 heteroatoms. The van der Waals surface area contributed by atoms with Gasteiger partial charge in [-0.1, -0.05) is 54.1 Å². The number of hydrogen-bond acceptors (Lipinski definition) is 5. The van der Waals surface area contributed by atoms with Gasteiger partial charge in [0.2, 0.25) is 0 Å². The Hall–Kier alpha value is -3.38. The van der Waals surface area contributed by atoms with Crippen molar-refractivity contribution in [1.82, 2.24) is 9.78 Å². The number of fused-ring (bicyclic) bond motifs is 1. The number of halogens is 1. The molecule has 0 fully saturated rings. The molecular weight excluding hydrogens is 404 g/mol. The molecule has 0 amide bonds. The average molecular weight is 423 g/mol. The molecule has 4 rings (SSSR count). The summed E-state index contributed by atoms with van der Waals surface area (Å²) in [6.07, 6.45) is 0. The SMILES string of the molecule is Cc1ccc2c(COC(=O)c3c(C)nn(Cc4ccccc4)c3Cl)cc(=O)oc2c1. The van der Waals surface area contributed by atoms with Crippen molar-refractivity contribution in [2.45, 2.75) is 27.0 Å². The van der Waals surface area contributed by atoms with Gasteiger partial charge in [0.1, 0.15) is 22.9 Å². The lowest BCUT2D eigenvalue weighted by atomic mass is 10.1. The number of esters is 1. The second kappa shape index (κ2) is 8.16. The first-order valence-corrected chi connectivity index (χ1v) is 9.77. The molecule has 4 aromatic rings. The summed E-state index contributed by atoms with van der Waals surface area (Å²) in [5.74, 6) is -0.592. The summed E-state index contributed by atoms with van der Waals surface area (Å²) < 4.78 is 12.3. The van der Waals surface area contributed by atoms with Crippen molar-refractivity contribution in [2.75, 3.05) is 0 Å². The smallest absolute Gasteiger partial charge is 0.343 e. The Morgan fingerprint density at radius 1 is 1.13 bits per heavy atom. The van der Waals surface area contributed by atoms with Crippen LogP contribution in [0.25, 0.3) is 11.0 Å². The van der Waals surface area contributed by atoms with Gasteiger partial charge in [-0.2, -0.15) is 5.10 Å². The van der Waals surface area contributed by atoms with Crippen molar-refractivity contribution in [3.8, 4) is 0 Å². The highest BCUT2D eigenvalue weighted by Gasteiger charge is 2.22. The van der Waals surface area contributed by atoms with Crippen LogP contribution >= 0.6 is 11.6 Å². The van der Waals surface area contributed by atoms with Crippen molar-refractivity contribution in [1.29, 1.82) is 0 Å². The van der Waals surface area contributed by atoms with Crippen LogP contribution in [0.1, 0.15) is 32.7 Å². The zero-order valence-electron chi connectivity index (χ0n) is 16.5. The molecule has 6 nitrogen and oxygen atoms in total. The second-order valence-electron chi connectivity index (χ2n) is 7.06. The third kappa shape index (κ3) is 4.00. The summed E-state index contributed by atoms with van der Waals surface area (Å²) in [5.41, 5.74) is 3.21. The largest absolute Gasteiger partial charge is 0.457 e. The summed E-state index contributed by atoms with van der Waals surface area (Å²) in [5, 5.41) is 5.31. The molecule has 0 spiro atoms. The van der Waals surface area contributed by atoms with Crippen molar-refractivity contribution in [3.05, 3.63) is 98.1 Å². The maximum atomic E-state index is 12.7. The van der Waals surface area contributed by atoms with E-state index in [0.717, 1.165) is 16.5 Å². The van der Waals surface area contributed by atoms with Crippen LogP contribution in [0.4, 0.5) is 0 Å². The predicted molar refractivity (Wildman–Crippen MR) is 114 cm³/mol. The fourth-order valence-corrected chi connectivity index (χ4v) is 3.63. The molecule has 0 aliphatic carbocycles. The molecule has 2 aromatic heterocycles. The lowest BCUT2D eigenvalue weighted by Crippen LogP contribution is -2.09. The van der Waals surface area contributed by atoms with Gasteiger partial charge in [0.15, 0.2) is 0 Å². The van der Waals surface area contributed by atoms with Crippen molar-refractivity contribution in [2.24, 2.45) is 0 Å². The zero-order valence-corrected chi connectivity index (χ0v) is 17.3. The molecule has 2 heterocycles. The number of benzene rings is 2. The molecule has 0 aliphatic heterocycles. The quantitative estimate of drug-likeness (QED) is 0.345. The van der Waals surface area contributed by atoms with Crippen LogP contribution in [-0.2, 0) is 17.9 Å². The van der Waals surface area contributed by atoms with Gasteiger partial charge in [-0.25, -0.2) is 14.3 Å². The molecule has 30 heavy (non-hydrogen) atoms. The number of aryl methyl sites for hydroxylation is 2. The summed E-state index contributed by atoms with van der Waals surface area (Å²) in [6, 6.07) is 16.5. The highest BCUT2D eigenvalue weighted by atomic mass is 35.5. The van der Waals surface area contributed by atoms with Gasteiger partial charge in [-0.15, -0.1) is 0 Å². The number of aromatic nitrogens is 2. The molecule has 0 radical (unpaired) electrons. The number of nitrogens with zero attached hydrogens (tertiary/aromatic N) is 2. The Morgan fingerprint density at radius 3 is 2.67 bits per heavy atom. The zero-order chi connectivity index (χ0) is 21.3. The first-order valence-electron chi connectivity index (χ1n) is 9.39. The maximum absolute atomic E-state index is 12.7. The minimum atomic E-state index is -0.592. The van der Waals surface area contributed by atoms with E-state index in [2.05, 4.69) is 5.10 Å². The lowest BCUT2D eigenvalue weighted by Gasteiger charge is -2.08. The van der Waals surface area contributed by atoms with Crippen LogP contribution in [0.5, 0.6) is 0 Å². The Labute approximate surface area is 177 Å². The first kappa shape index (κ1) is 19.9. The molecule has 0 aliphatic rings. The minimum Gasteiger partial charge on any atom is -0.457 e. The number of ether oxygens (including phenoxy) is 1. The standard InChI is InChI=1S/C23H19ClN2O4/c1-14-8-9-18-17(11-20(27)30-19(18)10-14)13-29-23(28)21-15(2)25-26(22(21)24)12-16-6-4-3-5-7-16/h3-11H,12-13H2,1-2H3. The molecular formula is C23H19ClN2O4. The highest BCUT2D eigenvalue weighted by Crippen LogP contribution is 2.24. The van der Waals surface area contributed by atoms with Gasteiger partial charge >= 0.3 is 11.6 Å². The molecule has 0 saturated carbocycles. The number of carbonyl (C=O) groups excluding carboxylic acids is 1. The van der Waals surface area contributed by atoms with Gasteiger partial charge in [-0.05, 0) is 31.0 Å². The topological polar surface area (TPSA) is 74.3 Å². The summed E-state index contributed by atoms with van der Waals surface area (Å²) in [7, 11) is 0. The van der Waals surface area contributed by atoms with E-state index in [4.69, 9.17) is 20.8 Å². The minimum absolute atomic E-state index is 0.0797. The Kier molecular flexibility index (Phi) is 5.42. The van der Waals surface area contributed by atoms with Crippen molar-refractivity contribution in [3.63, 3.8) is 0 Å². The number of hydrogen-bond donors (Lipinski definition) is 0. The van der Waals surface area contributed by atoms with Crippen LogP contribution in [0.2, 0.25) is 5.15 Å². The molecule has 0 N–H and O–H groups in total. The van der Waals surface area contributed by atoms with E-state index < -0.39 is 11.6 Å². The third-order valence-corrected chi connectivity index (χ3v) is 5.17. The summed E-state index contributed by atoms with van der Waals surface area (Å²) in [6.45, 7) is 3.98. The van der Waals surface area contributed by atoms with Gasteiger partial charge in [0.05, 0.1) is 12.2 Å². The van der Waals surface area contributed by atoms with Gasteiger partial charge < -0.3 is 9.15 Å². The van der Waals surface area contributed by atoms with E-state index >= 15 is 0 Å². The van der Waals surface area contributed by atoms with E-state index in [9.17, 15) is 9.59 Å². The van der Waals surface area contributed by atoms with Crippen LogP contribution in [0, 0.1) is 13.8 Å². The van der Waals surface area contributed by atoms with Crippen molar-refractivity contribution < 1.29 is 13.9 Å². The monoisotopic (exact) mass is 422 g/mol. The lowest BCUT2D eigenvalue weighted by molar-refractivity contribution is 0.0473. The van der Waals surface area contributed by atoms with E-state index in [-0.39, 0.29) is 17.3 Å². The van der Waals surface area contributed by atoms with Gasteiger partial charge in [0, 0.05) is 17.0 Å². The van der Waals surface area contributed by atoms with E-state index in [0.29, 0.717) is 23.4 Å². The second-order valence-corrected chi connectivity index (χ2v) is 7.42. The van der Waals surface area contributed by atoms with Crippen LogP contribution in [0.15, 0.2) is 63.8 Å². The Bertz CT molecular complexity index is 1290. The molecule has 0 saturated heterocycles. The summed E-state index contributed by atoms with van der Waals surface area (Å²) in [4.78, 5) is 24.6. The van der Waals surface area contributed by atoms with E-state index in [1.807, 2.05) is 49.4 Å². The van der Waals surface area contributed by atoms with Gasteiger partial charge in [0.25, 0.3) is 0 Å². The molecule has 152 valence electrons. The summed E-state index contributed by atoms with van der Waals surface area (Å²) >= 11 is 6.43. The van der Waals surface area contributed by atoms with Crippen molar-refractivity contribution >= 4 is 28.5 Å². The Balaban J connectivity index is 1.57. The van der Waals surface area contributed by atoms with E-state index in [1.54, 1.807) is 17.7 Å². The molecule has 0 bridgehead atoms. The van der Waals surface area contributed by atoms with Crippen LogP contribution < -0.4 is 5.63 Å². The van der Waals surface area contributed by atoms with E-state index in [1.165, 1.54) is 6.07 Å². The van der Waals surface area contributed by atoms with Gasteiger partial charge in [-0.3, -0.25) is 0 Å². The molecule has 0 unspecified atom stereocenters. The third-order valence-electron chi connectivity index (χ3n) is 4.79. The normalized spacial score (nSPS) is 11.0. The number of rotatable bonds is 5. The predicted octanol–water partition coefficient (Wildman–Crippen LogP) is 4.67. The molecule has 0 atom stereocenters. The first-order chi connectivity index (χ1) is 14.4. The maximum Gasteiger partial charge on any atom is 0.343 e. The highest BCUT2D eigenvalue weighted by molar-refractivity contribution is 6.32.